The van der Waals surface area contributed by atoms with Crippen LogP contribution in [0.2, 0.25) is 0 Å². The summed E-state index contributed by atoms with van der Waals surface area (Å²) in [5.41, 5.74) is 16.2. The van der Waals surface area contributed by atoms with E-state index >= 15 is 0 Å². The van der Waals surface area contributed by atoms with Crippen molar-refractivity contribution in [3.8, 4) is 61.9 Å². The van der Waals surface area contributed by atoms with Crippen LogP contribution in [-0.2, 0) is 0 Å². The van der Waals surface area contributed by atoms with Gasteiger partial charge in [-0.3, -0.25) is 0 Å². The van der Waals surface area contributed by atoms with Crippen molar-refractivity contribution in [2.45, 2.75) is 13.8 Å². The van der Waals surface area contributed by atoms with E-state index in [1.807, 2.05) is 12.1 Å². The van der Waals surface area contributed by atoms with Crippen molar-refractivity contribution < 1.29 is 5.11 Å². The van der Waals surface area contributed by atoms with Gasteiger partial charge in [0.2, 0.25) is 0 Å². The first-order valence-corrected chi connectivity index (χ1v) is 20.1. The maximum Gasteiger partial charge on any atom is 0.147 e. The highest BCUT2D eigenvalue weighted by molar-refractivity contribution is 6.10. The number of hydrogen-bond acceptors (Lipinski definition) is 2. The van der Waals surface area contributed by atoms with Crippen molar-refractivity contribution in [3.05, 3.63) is 205 Å². The number of benzene rings is 8. The average Bonchev–Trinajstić information content (AvgIpc) is 3.80. The minimum Gasteiger partial charge on any atom is -0.505 e. The summed E-state index contributed by atoms with van der Waals surface area (Å²) < 4.78 is 4.57. The van der Waals surface area contributed by atoms with E-state index in [2.05, 4.69) is 205 Å². The molecule has 0 amide bonds. The molecule has 0 aliphatic heterocycles. The Morgan fingerprint density at radius 1 is 0.373 bits per heavy atom. The number of para-hydroxylation sites is 4. The molecule has 0 fully saturated rings. The van der Waals surface area contributed by atoms with Crippen molar-refractivity contribution in [1.29, 1.82) is 0 Å². The number of phenolic OH excluding ortho intramolecular Hbond substituents is 1. The van der Waals surface area contributed by atoms with Crippen LogP contribution < -0.4 is 0 Å². The normalized spacial score (nSPS) is 11.6. The predicted octanol–water partition coefficient (Wildman–Crippen LogP) is 14.3. The van der Waals surface area contributed by atoms with Gasteiger partial charge in [-0.15, -0.1) is 0 Å². The number of hydrogen-bond donors (Lipinski definition) is 1. The second-order valence-corrected chi connectivity index (χ2v) is 15.5. The molecule has 8 aromatic carbocycles. The Hall–Kier alpha value is -7.69. The summed E-state index contributed by atoms with van der Waals surface area (Å²) in [5.74, 6) is 0.231. The third kappa shape index (κ3) is 5.64. The predicted molar refractivity (Wildman–Crippen MR) is 246 cm³/mol. The summed E-state index contributed by atoms with van der Waals surface area (Å²) in [6.07, 6.45) is 0. The molecule has 0 radical (unpaired) electrons. The van der Waals surface area contributed by atoms with Crippen molar-refractivity contribution in [1.82, 2.24) is 14.1 Å². The molecule has 0 saturated heterocycles. The highest BCUT2D eigenvalue weighted by Crippen LogP contribution is 2.44. The lowest BCUT2D eigenvalue weighted by molar-refractivity contribution is 0.475. The fourth-order valence-corrected chi connectivity index (χ4v) is 9.20. The summed E-state index contributed by atoms with van der Waals surface area (Å²) in [4.78, 5) is 5.38. The molecule has 3 heterocycles. The molecule has 1 N–H and O–H groups in total. The number of nitrogens with zero attached hydrogens (tertiary/aromatic N) is 3. The first-order valence-electron chi connectivity index (χ1n) is 20.1. The first-order chi connectivity index (χ1) is 29.0. The molecule has 11 rings (SSSR count). The largest absolute Gasteiger partial charge is 0.505 e. The van der Waals surface area contributed by atoms with Crippen LogP contribution in [0.15, 0.2) is 194 Å². The van der Waals surface area contributed by atoms with Crippen LogP contribution in [0.3, 0.4) is 0 Å². The second kappa shape index (κ2) is 13.8. The van der Waals surface area contributed by atoms with Gasteiger partial charge in [0.05, 0.1) is 39.1 Å². The SMILES string of the molecule is Cc1cc(-c2ccccc2-c2cccc(-c3ccccc3-c3cc(C)cc(-n4c5ccccc5c5ccccc54)c3O)n2)cc(-n2c3ccccc3c3ccccc32)c1. The Balaban J connectivity index is 1.03. The summed E-state index contributed by atoms with van der Waals surface area (Å²) in [6, 6.07) is 68.2. The molecular weight excluding hydrogens is 719 g/mol. The van der Waals surface area contributed by atoms with Crippen LogP contribution in [0.1, 0.15) is 11.1 Å². The fraction of sp³-hybridized carbons (Fsp3) is 0.0364. The zero-order chi connectivity index (χ0) is 39.6. The van der Waals surface area contributed by atoms with Gasteiger partial charge in [0.25, 0.3) is 0 Å². The number of rotatable bonds is 6. The van der Waals surface area contributed by atoms with E-state index < -0.39 is 0 Å². The molecule has 11 aromatic rings. The number of aromatic nitrogens is 3. The van der Waals surface area contributed by atoms with Crippen LogP contribution in [0.25, 0.3) is 99.8 Å². The van der Waals surface area contributed by atoms with Crippen LogP contribution in [-0.4, -0.2) is 19.2 Å². The molecule has 0 aliphatic carbocycles. The van der Waals surface area contributed by atoms with Crippen LogP contribution in [0, 0.1) is 13.8 Å². The Bertz CT molecular complexity index is 3330. The molecule has 280 valence electrons. The number of fused-ring (bicyclic) bond motifs is 6. The van der Waals surface area contributed by atoms with Gasteiger partial charge in [0, 0.05) is 43.9 Å². The standard InChI is InChI=1S/C55H39N3O/c1-35-30-37(34-38(31-35)57-50-26-11-7-20-43(50)44-21-8-12-27-51(44)57)39-16-3-5-18-41(39)48-24-15-25-49(56-48)42-19-6-4-17-40(42)47-32-36(2)33-54(55(47)59)58-52-28-13-9-22-45(52)46-23-10-14-29-53(46)58/h3-34,59H,1-2H3. The highest BCUT2D eigenvalue weighted by atomic mass is 16.3. The van der Waals surface area contributed by atoms with Crippen molar-refractivity contribution in [3.63, 3.8) is 0 Å². The van der Waals surface area contributed by atoms with Crippen molar-refractivity contribution in [2.24, 2.45) is 0 Å². The molecule has 4 nitrogen and oxygen atoms in total. The zero-order valence-corrected chi connectivity index (χ0v) is 32.8. The van der Waals surface area contributed by atoms with E-state index in [0.717, 1.165) is 83.5 Å². The lowest BCUT2D eigenvalue weighted by Gasteiger charge is -2.18. The van der Waals surface area contributed by atoms with Gasteiger partial charge in [0.15, 0.2) is 0 Å². The lowest BCUT2D eigenvalue weighted by Crippen LogP contribution is -1.98. The molecule has 0 aliphatic rings. The van der Waals surface area contributed by atoms with E-state index in [4.69, 9.17) is 4.98 Å². The Kier molecular flexibility index (Phi) is 8.05. The highest BCUT2D eigenvalue weighted by Gasteiger charge is 2.21. The topological polar surface area (TPSA) is 43.0 Å². The minimum atomic E-state index is 0.231. The molecule has 0 unspecified atom stereocenters. The summed E-state index contributed by atoms with van der Waals surface area (Å²) in [5, 5.41) is 17.1. The number of aromatic hydroxyl groups is 1. The smallest absolute Gasteiger partial charge is 0.147 e. The average molecular weight is 758 g/mol. The molecule has 3 aromatic heterocycles. The first kappa shape index (κ1) is 34.5. The Labute approximate surface area is 342 Å². The van der Waals surface area contributed by atoms with Gasteiger partial charge >= 0.3 is 0 Å². The molecule has 59 heavy (non-hydrogen) atoms. The van der Waals surface area contributed by atoms with Gasteiger partial charge in [-0.1, -0.05) is 133 Å². The quantitative estimate of drug-likeness (QED) is 0.184. The van der Waals surface area contributed by atoms with Gasteiger partial charge < -0.3 is 14.2 Å². The third-order valence-electron chi connectivity index (χ3n) is 11.7. The van der Waals surface area contributed by atoms with Crippen molar-refractivity contribution in [2.75, 3.05) is 0 Å². The summed E-state index contributed by atoms with van der Waals surface area (Å²) >= 11 is 0. The van der Waals surface area contributed by atoms with Gasteiger partial charge in [-0.05, 0) is 102 Å². The maximum absolute atomic E-state index is 12.3. The molecule has 4 heteroatoms. The summed E-state index contributed by atoms with van der Waals surface area (Å²) in [6.45, 7) is 4.27. The summed E-state index contributed by atoms with van der Waals surface area (Å²) in [7, 11) is 0. The monoisotopic (exact) mass is 757 g/mol. The van der Waals surface area contributed by atoms with Gasteiger partial charge in [-0.25, -0.2) is 4.98 Å². The van der Waals surface area contributed by atoms with Crippen LogP contribution in [0.5, 0.6) is 5.75 Å². The van der Waals surface area contributed by atoms with Crippen LogP contribution in [0.4, 0.5) is 0 Å². The molecule has 0 atom stereocenters. The lowest BCUT2D eigenvalue weighted by atomic mass is 9.93. The third-order valence-corrected chi connectivity index (χ3v) is 11.7. The minimum absolute atomic E-state index is 0.231. The van der Waals surface area contributed by atoms with Gasteiger partial charge in [0.1, 0.15) is 5.75 Å². The van der Waals surface area contributed by atoms with E-state index in [0.29, 0.717) is 0 Å². The number of phenols is 1. The van der Waals surface area contributed by atoms with Crippen LogP contribution >= 0.6 is 0 Å². The maximum atomic E-state index is 12.3. The molecule has 0 bridgehead atoms. The second-order valence-electron chi connectivity index (χ2n) is 15.5. The molecule has 0 saturated carbocycles. The fourth-order valence-electron chi connectivity index (χ4n) is 9.20. The number of aryl methyl sites for hydroxylation is 2. The van der Waals surface area contributed by atoms with Crippen molar-refractivity contribution >= 4 is 43.6 Å². The molecule has 0 spiro atoms. The van der Waals surface area contributed by atoms with Gasteiger partial charge in [-0.2, -0.15) is 0 Å². The van der Waals surface area contributed by atoms with E-state index in [9.17, 15) is 5.11 Å². The molecular formula is C55H39N3O. The van der Waals surface area contributed by atoms with E-state index in [1.165, 1.54) is 27.4 Å². The van der Waals surface area contributed by atoms with E-state index in [-0.39, 0.29) is 5.75 Å². The number of pyridine rings is 1. The zero-order valence-electron chi connectivity index (χ0n) is 32.8. The Morgan fingerprint density at radius 3 is 1.37 bits per heavy atom. The Morgan fingerprint density at radius 2 is 0.814 bits per heavy atom. The van der Waals surface area contributed by atoms with E-state index in [1.54, 1.807) is 0 Å².